The van der Waals surface area contributed by atoms with Gasteiger partial charge in [0.2, 0.25) is 0 Å². The minimum absolute atomic E-state index is 0.125. The second kappa shape index (κ2) is 8.96. The van der Waals surface area contributed by atoms with Gasteiger partial charge in [-0.3, -0.25) is 0 Å². The molecule has 0 saturated heterocycles. The van der Waals surface area contributed by atoms with Gasteiger partial charge in [0, 0.05) is 0 Å². The molecule has 3 nitrogen and oxygen atoms in total. The number of ether oxygens (including phenoxy) is 1. The Morgan fingerprint density at radius 2 is 2.12 bits per heavy atom. The van der Waals surface area contributed by atoms with E-state index in [1.165, 1.54) is 19.3 Å². The summed E-state index contributed by atoms with van der Waals surface area (Å²) in [5.74, 6) is 0.186. The number of rotatable bonds is 8. The van der Waals surface area contributed by atoms with Crippen LogP contribution in [-0.2, 0) is 9.53 Å². The molecule has 0 aromatic carbocycles. The maximum atomic E-state index is 11.0. The highest BCUT2D eigenvalue weighted by atomic mass is 16.5. The zero-order chi connectivity index (χ0) is 12.4. The summed E-state index contributed by atoms with van der Waals surface area (Å²) in [7, 11) is 0. The molecular formula is C13H21NO2. The lowest BCUT2D eigenvalue weighted by atomic mass is 10.0. The molecule has 0 saturated carbocycles. The molecule has 0 heterocycles. The second-order valence-electron chi connectivity index (χ2n) is 4.09. The number of unbranched alkanes of at least 4 members (excludes halogenated alkanes) is 2. The normalized spacial score (nSPS) is 11.6. The Labute approximate surface area is 98.1 Å². The van der Waals surface area contributed by atoms with E-state index in [0.717, 1.165) is 18.8 Å². The SMILES string of the molecule is C=C(C#N)C(=O)OCCCCCC(C)CC. The monoisotopic (exact) mass is 223 g/mol. The molecule has 90 valence electrons. The van der Waals surface area contributed by atoms with Crippen LogP contribution in [0.5, 0.6) is 0 Å². The number of hydrogen-bond donors (Lipinski definition) is 0. The molecule has 1 atom stereocenters. The minimum Gasteiger partial charge on any atom is -0.462 e. The zero-order valence-electron chi connectivity index (χ0n) is 10.3. The van der Waals surface area contributed by atoms with Gasteiger partial charge >= 0.3 is 5.97 Å². The topological polar surface area (TPSA) is 50.1 Å². The van der Waals surface area contributed by atoms with E-state index < -0.39 is 5.97 Å². The second-order valence-corrected chi connectivity index (χ2v) is 4.09. The van der Waals surface area contributed by atoms with E-state index in [1.54, 1.807) is 6.07 Å². The van der Waals surface area contributed by atoms with Crippen LogP contribution in [0, 0.1) is 17.2 Å². The molecule has 1 unspecified atom stereocenters. The Bertz CT molecular complexity index is 266. The van der Waals surface area contributed by atoms with Crippen molar-refractivity contribution in [3.63, 3.8) is 0 Å². The lowest BCUT2D eigenvalue weighted by Crippen LogP contribution is -2.07. The average Bonchev–Trinajstić information content (AvgIpc) is 2.31. The Kier molecular flexibility index (Phi) is 8.24. The summed E-state index contributed by atoms with van der Waals surface area (Å²) in [5.41, 5.74) is -0.125. The van der Waals surface area contributed by atoms with E-state index in [2.05, 4.69) is 20.4 Å². The molecule has 16 heavy (non-hydrogen) atoms. The molecule has 0 N–H and O–H groups in total. The Morgan fingerprint density at radius 1 is 1.44 bits per heavy atom. The largest absolute Gasteiger partial charge is 0.462 e. The fourth-order valence-corrected chi connectivity index (χ4v) is 1.27. The third-order valence-corrected chi connectivity index (χ3v) is 2.65. The lowest BCUT2D eigenvalue weighted by molar-refractivity contribution is -0.138. The fourth-order valence-electron chi connectivity index (χ4n) is 1.27. The van der Waals surface area contributed by atoms with Crippen LogP contribution in [0.15, 0.2) is 12.2 Å². The number of nitrogens with zero attached hydrogens (tertiary/aromatic N) is 1. The van der Waals surface area contributed by atoms with Crippen LogP contribution in [0.2, 0.25) is 0 Å². The lowest BCUT2D eigenvalue weighted by Gasteiger charge is -2.07. The van der Waals surface area contributed by atoms with Gasteiger partial charge in [-0.15, -0.1) is 0 Å². The summed E-state index contributed by atoms with van der Waals surface area (Å²) in [4.78, 5) is 11.0. The van der Waals surface area contributed by atoms with Gasteiger partial charge < -0.3 is 4.74 Å². The molecule has 0 aromatic rings. The van der Waals surface area contributed by atoms with Crippen molar-refractivity contribution in [2.24, 2.45) is 5.92 Å². The van der Waals surface area contributed by atoms with Crippen molar-refractivity contribution >= 4 is 5.97 Å². The molecule has 0 aromatic heterocycles. The molecule has 0 bridgehead atoms. The van der Waals surface area contributed by atoms with E-state index in [0.29, 0.717) is 6.61 Å². The quantitative estimate of drug-likeness (QED) is 0.275. The maximum Gasteiger partial charge on any atom is 0.348 e. The molecule has 0 aliphatic carbocycles. The first-order chi connectivity index (χ1) is 7.61. The molecule has 3 heteroatoms. The van der Waals surface area contributed by atoms with E-state index >= 15 is 0 Å². The summed E-state index contributed by atoms with van der Waals surface area (Å²) in [6.45, 7) is 8.12. The molecule has 0 fully saturated rings. The highest BCUT2D eigenvalue weighted by molar-refractivity contribution is 5.91. The molecule has 0 aliphatic rings. The predicted molar refractivity (Wildman–Crippen MR) is 63.6 cm³/mol. The van der Waals surface area contributed by atoms with Crippen LogP contribution in [-0.4, -0.2) is 12.6 Å². The van der Waals surface area contributed by atoms with Crippen LogP contribution in [0.1, 0.15) is 46.0 Å². The van der Waals surface area contributed by atoms with Crippen LogP contribution in [0.4, 0.5) is 0 Å². The van der Waals surface area contributed by atoms with Gasteiger partial charge in [0.15, 0.2) is 0 Å². The van der Waals surface area contributed by atoms with Crippen LogP contribution >= 0.6 is 0 Å². The molecular weight excluding hydrogens is 202 g/mol. The van der Waals surface area contributed by atoms with Gasteiger partial charge in [-0.1, -0.05) is 46.1 Å². The van der Waals surface area contributed by atoms with Crippen LogP contribution in [0.3, 0.4) is 0 Å². The highest BCUT2D eigenvalue weighted by Gasteiger charge is 2.06. The Hall–Kier alpha value is -1.30. The smallest absolute Gasteiger partial charge is 0.348 e. The average molecular weight is 223 g/mol. The number of carbonyl (C=O) groups is 1. The fraction of sp³-hybridized carbons (Fsp3) is 0.692. The first-order valence-corrected chi connectivity index (χ1v) is 5.88. The molecule has 0 aliphatic heterocycles. The summed E-state index contributed by atoms with van der Waals surface area (Å²) in [5, 5.41) is 8.38. The third kappa shape index (κ3) is 7.05. The van der Waals surface area contributed by atoms with E-state index in [9.17, 15) is 4.79 Å². The first kappa shape index (κ1) is 14.7. The summed E-state index contributed by atoms with van der Waals surface area (Å²) < 4.78 is 4.87. The first-order valence-electron chi connectivity index (χ1n) is 5.88. The Balaban J connectivity index is 3.38. The van der Waals surface area contributed by atoms with Crippen molar-refractivity contribution in [2.45, 2.75) is 46.0 Å². The third-order valence-electron chi connectivity index (χ3n) is 2.65. The molecule has 0 radical (unpaired) electrons. The van der Waals surface area contributed by atoms with Crippen molar-refractivity contribution in [2.75, 3.05) is 6.61 Å². The maximum absolute atomic E-state index is 11.0. The van der Waals surface area contributed by atoms with Crippen LogP contribution in [0.25, 0.3) is 0 Å². The summed E-state index contributed by atoms with van der Waals surface area (Å²) >= 11 is 0. The summed E-state index contributed by atoms with van der Waals surface area (Å²) in [6, 6.07) is 1.67. The number of carbonyl (C=O) groups excluding carboxylic acids is 1. The van der Waals surface area contributed by atoms with E-state index in [-0.39, 0.29) is 5.57 Å². The minimum atomic E-state index is -0.593. The molecule has 0 rings (SSSR count). The van der Waals surface area contributed by atoms with Gasteiger partial charge in [-0.2, -0.15) is 5.26 Å². The van der Waals surface area contributed by atoms with Gasteiger partial charge in [0.25, 0.3) is 0 Å². The summed E-state index contributed by atoms with van der Waals surface area (Å²) in [6.07, 6.45) is 5.55. The molecule has 0 spiro atoms. The van der Waals surface area contributed by atoms with Gasteiger partial charge in [-0.05, 0) is 12.3 Å². The molecule has 0 amide bonds. The number of hydrogen-bond acceptors (Lipinski definition) is 3. The van der Waals surface area contributed by atoms with Gasteiger partial charge in [0.1, 0.15) is 11.6 Å². The van der Waals surface area contributed by atoms with Crippen molar-refractivity contribution in [1.82, 2.24) is 0 Å². The Morgan fingerprint density at radius 3 is 2.69 bits per heavy atom. The van der Waals surface area contributed by atoms with Gasteiger partial charge in [-0.25, -0.2) is 4.79 Å². The van der Waals surface area contributed by atoms with Crippen molar-refractivity contribution in [1.29, 1.82) is 5.26 Å². The van der Waals surface area contributed by atoms with Crippen molar-refractivity contribution in [3.05, 3.63) is 12.2 Å². The van der Waals surface area contributed by atoms with E-state index in [4.69, 9.17) is 10.00 Å². The van der Waals surface area contributed by atoms with Gasteiger partial charge in [0.05, 0.1) is 6.61 Å². The zero-order valence-corrected chi connectivity index (χ0v) is 10.3. The predicted octanol–water partition coefficient (Wildman–Crippen LogP) is 3.22. The van der Waals surface area contributed by atoms with Crippen molar-refractivity contribution < 1.29 is 9.53 Å². The number of esters is 1. The highest BCUT2D eigenvalue weighted by Crippen LogP contribution is 2.12. The van der Waals surface area contributed by atoms with Crippen LogP contribution < -0.4 is 0 Å². The standard InChI is InChI=1S/C13H21NO2/c1-4-11(2)8-6-5-7-9-16-13(15)12(3)10-14/h11H,3-9H2,1-2H3. The number of nitriles is 1. The van der Waals surface area contributed by atoms with Crippen molar-refractivity contribution in [3.8, 4) is 6.07 Å². The van der Waals surface area contributed by atoms with E-state index in [1.807, 2.05) is 0 Å².